The molecule has 3 rings (SSSR count). The van der Waals surface area contributed by atoms with Crippen molar-refractivity contribution in [3.8, 4) is 0 Å². The minimum atomic E-state index is -2.83. The summed E-state index contributed by atoms with van der Waals surface area (Å²) < 4.78 is 27.0. The van der Waals surface area contributed by atoms with Crippen LogP contribution in [-0.4, -0.2) is 42.0 Å². The van der Waals surface area contributed by atoms with Crippen LogP contribution in [0, 0.1) is 0 Å². The molecule has 0 radical (unpaired) electrons. The number of benzene rings is 1. The molecule has 0 bridgehead atoms. The van der Waals surface area contributed by atoms with Gasteiger partial charge >= 0.3 is 0 Å². The number of alkyl halides is 2. The van der Waals surface area contributed by atoms with Crippen molar-refractivity contribution in [3.05, 3.63) is 54.5 Å². The number of anilines is 1. The van der Waals surface area contributed by atoms with E-state index >= 15 is 0 Å². The van der Waals surface area contributed by atoms with Gasteiger partial charge in [-0.2, -0.15) is 0 Å². The summed E-state index contributed by atoms with van der Waals surface area (Å²) in [7, 11) is 2.14. The third-order valence-corrected chi connectivity index (χ3v) is 5.66. The lowest BCUT2D eigenvalue weighted by Gasteiger charge is -2.44. The fourth-order valence-electron chi connectivity index (χ4n) is 4.13. The molecule has 0 aromatic heterocycles. The van der Waals surface area contributed by atoms with Gasteiger partial charge in [0.1, 0.15) is 5.82 Å². The molecule has 1 aromatic carbocycles. The summed E-state index contributed by atoms with van der Waals surface area (Å²) in [6.45, 7) is 14.6. The van der Waals surface area contributed by atoms with Gasteiger partial charge in [0.05, 0.1) is 5.54 Å². The van der Waals surface area contributed by atoms with Crippen molar-refractivity contribution in [2.75, 3.05) is 31.6 Å². The van der Waals surface area contributed by atoms with E-state index in [0.717, 1.165) is 56.6 Å². The smallest absolute Gasteiger partial charge is 0.270 e. The van der Waals surface area contributed by atoms with Crippen LogP contribution in [0.15, 0.2) is 48.9 Å². The monoisotopic (exact) mass is 347 g/mol. The zero-order chi connectivity index (χ0) is 18.4. The third-order valence-electron chi connectivity index (χ3n) is 5.66. The molecule has 2 aliphatic rings. The summed E-state index contributed by atoms with van der Waals surface area (Å²) >= 11 is 0. The van der Waals surface area contributed by atoms with Crippen LogP contribution >= 0.6 is 0 Å². The van der Waals surface area contributed by atoms with E-state index in [1.54, 1.807) is 12.1 Å². The Hall–Kier alpha value is -1.88. The molecule has 0 amide bonds. The van der Waals surface area contributed by atoms with E-state index in [4.69, 9.17) is 0 Å². The first-order valence-electron chi connectivity index (χ1n) is 8.83. The van der Waals surface area contributed by atoms with Gasteiger partial charge in [0.2, 0.25) is 0 Å². The zero-order valence-electron chi connectivity index (χ0n) is 15.4. The molecule has 5 heteroatoms. The number of hydrogen-bond acceptors (Lipinski definition) is 3. The van der Waals surface area contributed by atoms with Crippen LogP contribution in [0.1, 0.15) is 32.3 Å². The van der Waals surface area contributed by atoms with Crippen LogP contribution in [0.3, 0.4) is 0 Å². The van der Waals surface area contributed by atoms with E-state index in [9.17, 15) is 8.78 Å². The summed E-state index contributed by atoms with van der Waals surface area (Å²) in [6.07, 6.45) is 1.99. The Balaban J connectivity index is 1.95. The van der Waals surface area contributed by atoms with Crippen LogP contribution in [0.4, 0.5) is 14.5 Å². The van der Waals surface area contributed by atoms with Gasteiger partial charge in [-0.05, 0) is 38.9 Å². The van der Waals surface area contributed by atoms with E-state index in [1.807, 2.05) is 4.90 Å². The van der Waals surface area contributed by atoms with Gasteiger partial charge in [-0.25, -0.2) is 8.78 Å². The van der Waals surface area contributed by atoms with Crippen LogP contribution in [-0.2, 0) is 5.92 Å². The Morgan fingerprint density at radius 2 is 1.68 bits per heavy atom. The van der Waals surface area contributed by atoms with E-state index in [0.29, 0.717) is 0 Å². The Kier molecular flexibility index (Phi) is 4.40. The molecule has 2 heterocycles. The highest BCUT2D eigenvalue weighted by molar-refractivity contribution is 5.63. The first-order valence-corrected chi connectivity index (χ1v) is 8.83. The quantitative estimate of drug-likeness (QED) is 0.803. The lowest BCUT2D eigenvalue weighted by molar-refractivity contribution is 0.0175. The molecule has 1 aromatic rings. The summed E-state index contributed by atoms with van der Waals surface area (Å²) in [4.78, 5) is 6.69. The SMILES string of the molecule is C=C1N(c2ccc(C(C)(F)F)cc2)C(=C)C2(CCN(C)CC2)N1CC. The lowest BCUT2D eigenvalue weighted by Crippen LogP contribution is -2.51. The Morgan fingerprint density at radius 3 is 2.16 bits per heavy atom. The second-order valence-corrected chi connectivity index (χ2v) is 7.21. The van der Waals surface area contributed by atoms with Crippen molar-refractivity contribution < 1.29 is 8.78 Å². The van der Waals surface area contributed by atoms with Gasteiger partial charge in [0, 0.05) is 43.5 Å². The summed E-state index contributed by atoms with van der Waals surface area (Å²) in [5.41, 5.74) is 1.75. The Morgan fingerprint density at radius 1 is 1.12 bits per heavy atom. The molecular weight excluding hydrogens is 320 g/mol. The maximum atomic E-state index is 13.5. The van der Waals surface area contributed by atoms with Crippen molar-refractivity contribution >= 4 is 5.69 Å². The first-order chi connectivity index (χ1) is 11.7. The van der Waals surface area contributed by atoms with Crippen LogP contribution < -0.4 is 4.90 Å². The number of rotatable bonds is 3. The lowest BCUT2D eigenvalue weighted by atomic mass is 9.84. The predicted molar refractivity (Wildman–Crippen MR) is 98.6 cm³/mol. The second-order valence-electron chi connectivity index (χ2n) is 7.21. The summed E-state index contributed by atoms with van der Waals surface area (Å²) in [5.74, 6) is -1.95. The van der Waals surface area contributed by atoms with Crippen molar-refractivity contribution in [2.24, 2.45) is 0 Å². The molecule has 25 heavy (non-hydrogen) atoms. The standard InChI is InChI=1S/C20H27F2N3/c1-6-24-16(3)25(15(2)20(24)11-13-23(5)14-12-20)18-9-7-17(8-10-18)19(4,21)22/h7-10H,2-3,6,11-14H2,1,4-5H3. The molecule has 2 saturated heterocycles. The van der Waals surface area contributed by atoms with Crippen LogP contribution in [0.5, 0.6) is 0 Å². The average Bonchev–Trinajstić information content (AvgIpc) is 2.76. The van der Waals surface area contributed by atoms with Crippen molar-refractivity contribution in [3.63, 3.8) is 0 Å². The molecule has 136 valence electrons. The molecule has 2 fully saturated rings. The highest BCUT2D eigenvalue weighted by Crippen LogP contribution is 2.47. The van der Waals surface area contributed by atoms with Crippen LogP contribution in [0.2, 0.25) is 0 Å². The number of halogens is 2. The normalized spacial score (nSPS) is 21.5. The highest BCUT2D eigenvalue weighted by Gasteiger charge is 2.50. The number of piperidine rings is 1. The zero-order valence-corrected chi connectivity index (χ0v) is 15.4. The van der Waals surface area contributed by atoms with Gasteiger partial charge in [0.25, 0.3) is 5.92 Å². The molecule has 0 saturated carbocycles. The first kappa shape index (κ1) is 17.9. The maximum Gasteiger partial charge on any atom is 0.270 e. The molecular formula is C20H27F2N3. The predicted octanol–water partition coefficient (Wildman–Crippen LogP) is 4.39. The van der Waals surface area contributed by atoms with Gasteiger partial charge in [-0.3, -0.25) is 4.90 Å². The molecule has 0 unspecified atom stereocenters. The molecule has 1 spiro atoms. The fraction of sp³-hybridized carbons (Fsp3) is 0.500. The molecule has 0 atom stereocenters. The maximum absolute atomic E-state index is 13.5. The third kappa shape index (κ3) is 2.84. The van der Waals surface area contributed by atoms with Gasteiger partial charge in [-0.1, -0.05) is 25.3 Å². The van der Waals surface area contributed by atoms with Gasteiger partial charge in [0.15, 0.2) is 0 Å². The number of hydrogen-bond donors (Lipinski definition) is 0. The van der Waals surface area contributed by atoms with E-state index < -0.39 is 5.92 Å². The molecule has 3 nitrogen and oxygen atoms in total. The summed E-state index contributed by atoms with van der Waals surface area (Å²) in [6, 6.07) is 6.47. The second kappa shape index (κ2) is 6.13. The number of nitrogens with zero attached hydrogens (tertiary/aromatic N) is 3. The van der Waals surface area contributed by atoms with Crippen LogP contribution in [0.25, 0.3) is 0 Å². The Labute approximate surface area is 149 Å². The highest BCUT2D eigenvalue weighted by atomic mass is 19.3. The number of likely N-dealkylation sites (tertiary alicyclic amines) is 1. The molecule has 0 aliphatic carbocycles. The fourth-order valence-corrected chi connectivity index (χ4v) is 4.13. The van der Waals surface area contributed by atoms with E-state index in [-0.39, 0.29) is 11.1 Å². The van der Waals surface area contributed by atoms with E-state index in [1.165, 1.54) is 12.1 Å². The van der Waals surface area contributed by atoms with E-state index in [2.05, 4.69) is 36.9 Å². The minimum absolute atomic E-state index is 0.0213. The average molecular weight is 347 g/mol. The van der Waals surface area contributed by atoms with Gasteiger partial charge < -0.3 is 9.80 Å². The summed E-state index contributed by atoms with van der Waals surface area (Å²) in [5, 5.41) is 0. The van der Waals surface area contributed by atoms with Crippen molar-refractivity contribution in [1.29, 1.82) is 0 Å². The van der Waals surface area contributed by atoms with Crippen molar-refractivity contribution in [1.82, 2.24) is 9.80 Å². The minimum Gasteiger partial charge on any atom is -0.347 e. The van der Waals surface area contributed by atoms with Crippen molar-refractivity contribution in [2.45, 2.75) is 38.2 Å². The largest absolute Gasteiger partial charge is 0.347 e. The topological polar surface area (TPSA) is 9.72 Å². The number of likely N-dealkylation sites (N-methyl/N-ethyl adjacent to an activating group) is 1. The molecule has 0 N–H and O–H groups in total. The Bertz CT molecular complexity index is 667. The van der Waals surface area contributed by atoms with Gasteiger partial charge in [-0.15, -0.1) is 0 Å². The molecule has 2 aliphatic heterocycles.